The molecule has 0 atom stereocenters. The summed E-state index contributed by atoms with van der Waals surface area (Å²) >= 11 is 0. The van der Waals surface area contributed by atoms with Crippen LogP contribution in [0.15, 0.2) is 24.3 Å². The molecule has 74 valence electrons. The third-order valence-corrected chi connectivity index (χ3v) is 1.89. The summed E-state index contributed by atoms with van der Waals surface area (Å²) in [5, 5.41) is 8.83. The zero-order chi connectivity index (χ0) is 10.6. The van der Waals surface area contributed by atoms with Crippen molar-refractivity contribution >= 4 is 0 Å². The summed E-state index contributed by atoms with van der Waals surface area (Å²) in [5.41, 5.74) is 5.64. The van der Waals surface area contributed by atoms with Crippen LogP contribution in [0.2, 0.25) is 0 Å². The van der Waals surface area contributed by atoms with Crippen LogP contribution >= 0.6 is 0 Å². The number of para-hydroxylation sites is 1. The number of benzene rings is 1. The summed E-state index contributed by atoms with van der Waals surface area (Å²) in [7, 11) is 0. The third-order valence-electron chi connectivity index (χ3n) is 1.89. The highest BCUT2D eigenvalue weighted by atomic mass is 16.5. The highest BCUT2D eigenvalue weighted by Crippen LogP contribution is 2.21. The van der Waals surface area contributed by atoms with Crippen molar-refractivity contribution in [2.75, 3.05) is 6.54 Å². The standard InChI is InChI=1S/C11H14N2O/c1-11(2,8-13)14-10-6-4-3-5-9(10)7-12/h3-6H,8,13H2,1-2H3. The number of hydrogen-bond acceptors (Lipinski definition) is 3. The summed E-state index contributed by atoms with van der Waals surface area (Å²) in [6.07, 6.45) is 0. The van der Waals surface area contributed by atoms with Crippen molar-refractivity contribution in [1.29, 1.82) is 5.26 Å². The number of nitriles is 1. The Balaban J connectivity index is 2.92. The van der Waals surface area contributed by atoms with Crippen molar-refractivity contribution in [1.82, 2.24) is 0 Å². The smallest absolute Gasteiger partial charge is 0.137 e. The highest BCUT2D eigenvalue weighted by Gasteiger charge is 2.18. The number of ether oxygens (including phenoxy) is 1. The highest BCUT2D eigenvalue weighted by molar-refractivity contribution is 5.42. The average Bonchev–Trinajstić information content (AvgIpc) is 2.18. The second-order valence-corrected chi connectivity index (χ2v) is 3.67. The van der Waals surface area contributed by atoms with Crippen LogP contribution in [0.3, 0.4) is 0 Å². The molecule has 14 heavy (non-hydrogen) atoms. The largest absolute Gasteiger partial charge is 0.485 e. The van der Waals surface area contributed by atoms with E-state index in [1.165, 1.54) is 0 Å². The molecule has 2 N–H and O–H groups in total. The van der Waals surface area contributed by atoms with Crippen LogP contribution in [-0.2, 0) is 0 Å². The zero-order valence-corrected chi connectivity index (χ0v) is 8.45. The molecule has 0 radical (unpaired) electrons. The van der Waals surface area contributed by atoms with Gasteiger partial charge in [-0.2, -0.15) is 5.26 Å². The maximum Gasteiger partial charge on any atom is 0.137 e. The summed E-state index contributed by atoms with van der Waals surface area (Å²) < 4.78 is 5.63. The molecule has 0 aromatic heterocycles. The van der Waals surface area contributed by atoms with Crippen molar-refractivity contribution in [3.63, 3.8) is 0 Å². The molecule has 0 spiro atoms. The van der Waals surface area contributed by atoms with Gasteiger partial charge < -0.3 is 10.5 Å². The number of nitrogens with zero attached hydrogens (tertiary/aromatic N) is 1. The summed E-state index contributed by atoms with van der Waals surface area (Å²) in [6, 6.07) is 9.22. The molecule has 0 saturated heterocycles. The van der Waals surface area contributed by atoms with E-state index in [1.54, 1.807) is 18.2 Å². The molecular formula is C11H14N2O. The molecule has 0 bridgehead atoms. The molecular weight excluding hydrogens is 176 g/mol. The Bertz CT molecular complexity index is 353. The Labute approximate surface area is 84.1 Å². The molecule has 0 aliphatic heterocycles. The van der Waals surface area contributed by atoms with Gasteiger partial charge >= 0.3 is 0 Å². The minimum atomic E-state index is -0.438. The molecule has 1 rings (SSSR count). The Hall–Kier alpha value is -1.53. The Morgan fingerprint density at radius 2 is 2.07 bits per heavy atom. The molecule has 0 unspecified atom stereocenters. The molecule has 0 aliphatic rings. The van der Waals surface area contributed by atoms with E-state index in [2.05, 4.69) is 6.07 Å². The first-order chi connectivity index (χ1) is 6.59. The quantitative estimate of drug-likeness (QED) is 0.788. The molecule has 1 aromatic rings. The first-order valence-electron chi connectivity index (χ1n) is 4.47. The lowest BCUT2D eigenvalue weighted by molar-refractivity contribution is 0.118. The van der Waals surface area contributed by atoms with Crippen LogP contribution in [0, 0.1) is 11.3 Å². The lowest BCUT2D eigenvalue weighted by Crippen LogP contribution is -2.37. The Kier molecular flexibility index (Phi) is 3.10. The van der Waals surface area contributed by atoms with Gasteiger partial charge in [0.05, 0.1) is 5.56 Å². The average molecular weight is 190 g/mol. The number of hydrogen-bond donors (Lipinski definition) is 1. The fourth-order valence-corrected chi connectivity index (χ4v) is 0.987. The maximum atomic E-state index is 8.83. The van der Waals surface area contributed by atoms with Crippen LogP contribution in [0.4, 0.5) is 0 Å². The molecule has 0 saturated carbocycles. The van der Waals surface area contributed by atoms with Gasteiger partial charge in [-0.25, -0.2) is 0 Å². The zero-order valence-electron chi connectivity index (χ0n) is 8.45. The van der Waals surface area contributed by atoms with Crippen LogP contribution in [0.25, 0.3) is 0 Å². The molecule has 1 aromatic carbocycles. The van der Waals surface area contributed by atoms with E-state index in [9.17, 15) is 0 Å². The number of nitrogens with two attached hydrogens (primary N) is 1. The topological polar surface area (TPSA) is 59.0 Å². The lowest BCUT2D eigenvalue weighted by atomic mass is 10.1. The van der Waals surface area contributed by atoms with Gasteiger partial charge in [0.1, 0.15) is 17.4 Å². The molecule has 3 heteroatoms. The van der Waals surface area contributed by atoms with E-state index in [0.717, 1.165) is 0 Å². The van der Waals surface area contributed by atoms with Gasteiger partial charge in [-0.15, -0.1) is 0 Å². The third kappa shape index (κ3) is 2.48. The van der Waals surface area contributed by atoms with Gasteiger partial charge in [0, 0.05) is 6.54 Å². The summed E-state index contributed by atoms with van der Waals surface area (Å²) in [4.78, 5) is 0. The first-order valence-corrected chi connectivity index (χ1v) is 4.47. The van der Waals surface area contributed by atoms with E-state index < -0.39 is 5.60 Å². The van der Waals surface area contributed by atoms with E-state index in [1.807, 2.05) is 19.9 Å². The minimum Gasteiger partial charge on any atom is -0.485 e. The van der Waals surface area contributed by atoms with Crippen molar-refractivity contribution < 1.29 is 4.74 Å². The van der Waals surface area contributed by atoms with Crippen LogP contribution in [0.5, 0.6) is 5.75 Å². The molecule has 0 aliphatic carbocycles. The molecule has 0 amide bonds. The van der Waals surface area contributed by atoms with Gasteiger partial charge in [0.15, 0.2) is 0 Å². The Morgan fingerprint density at radius 3 is 2.64 bits per heavy atom. The van der Waals surface area contributed by atoms with Gasteiger partial charge in [-0.05, 0) is 26.0 Å². The maximum absolute atomic E-state index is 8.83. The SMILES string of the molecule is CC(C)(CN)Oc1ccccc1C#N. The summed E-state index contributed by atoms with van der Waals surface area (Å²) in [6.45, 7) is 4.19. The van der Waals surface area contributed by atoms with E-state index >= 15 is 0 Å². The second-order valence-electron chi connectivity index (χ2n) is 3.67. The van der Waals surface area contributed by atoms with Gasteiger partial charge in [0.2, 0.25) is 0 Å². The minimum absolute atomic E-state index is 0.409. The molecule has 0 fully saturated rings. The Morgan fingerprint density at radius 1 is 1.43 bits per heavy atom. The van der Waals surface area contributed by atoms with Gasteiger partial charge in [0.25, 0.3) is 0 Å². The van der Waals surface area contributed by atoms with Crippen molar-refractivity contribution in [3.05, 3.63) is 29.8 Å². The van der Waals surface area contributed by atoms with Crippen molar-refractivity contribution in [3.8, 4) is 11.8 Å². The predicted octanol–water partition coefficient (Wildman–Crippen LogP) is 1.67. The molecule has 0 heterocycles. The van der Waals surface area contributed by atoms with Crippen molar-refractivity contribution in [2.45, 2.75) is 19.4 Å². The second kappa shape index (κ2) is 4.12. The van der Waals surface area contributed by atoms with Gasteiger partial charge in [-0.3, -0.25) is 0 Å². The predicted molar refractivity (Wildman–Crippen MR) is 54.9 cm³/mol. The van der Waals surface area contributed by atoms with Crippen LogP contribution < -0.4 is 10.5 Å². The fourth-order valence-electron chi connectivity index (χ4n) is 0.987. The summed E-state index contributed by atoms with van der Waals surface area (Å²) in [5.74, 6) is 0.588. The number of rotatable bonds is 3. The lowest BCUT2D eigenvalue weighted by Gasteiger charge is -2.24. The van der Waals surface area contributed by atoms with Gasteiger partial charge in [-0.1, -0.05) is 12.1 Å². The van der Waals surface area contributed by atoms with Crippen molar-refractivity contribution in [2.24, 2.45) is 5.73 Å². The van der Waals surface area contributed by atoms with E-state index in [0.29, 0.717) is 17.9 Å². The monoisotopic (exact) mass is 190 g/mol. The first kappa shape index (κ1) is 10.6. The van der Waals surface area contributed by atoms with E-state index in [4.69, 9.17) is 15.7 Å². The normalized spacial score (nSPS) is 10.7. The van der Waals surface area contributed by atoms with Crippen LogP contribution in [-0.4, -0.2) is 12.1 Å². The van der Waals surface area contributed by atoms with E-state index in [-0.39, 0.29) is 0 Å². The van der Waals surface area contributed by atoms with Crippen LogP contribution in [0.1, 0.15) is 19.4 Å². The fraction of sp³-hybridized carbons (Fsp3) is 0.364. The molecule has 3 nitrogen and oxygen atoms in total.